The molecule has 168 valence electrons. The largest absolute Gasteiger partial charge is 0.377 e. The van der Waals surface area contributed by atoms with E-state index in [0.29, 0.717) is 12.5 Å². The van der Waals surface area contributed by atoms with Crippen molar-refractivity contribution in [2.45, 2.75) is 62.8 Å². The molecule has 2 fully saturated rings. The molecule has 2 unspecified atom stereocenters. The number of likely N-dealkylation sites (tertiary alicyclic amines) is 1. The minimum absolute atomic E-state index is 0.0572. The Bertz CT molecular complexity index is 912. The van der Waals surface area contributed by atoms with Crippen LogP contribution >= 0.6 is 0 Å². The van der Waals surface area contributed by atoms with E-state index in [2.05, 4.69) is 52.1 Å². The number of ether oxygens (including phenoxy) is 1. The summed E-state index contributed by atoms with van der Waals surface area (Å²) in [5.74, 6) is 0.627. The van der Waals surface area contributed by atoms with Crippen molar-refractivity contribution in [3.05, 3.63) is 71.8 Å². The van der Waals surface area contributed by atoms with Crippen molar-refractivity contribution in [3.8, 4) is 0 Å². The zero-order valence-electron chi connectivity index (χ0n) is 18.3. The third-order valence-electron chi connectivity index (χ3n) is 6.70. The highest BCUT2D eigenvalue weighted by Crippen LogP contribution is 2.34. The van der Waals surface area contributed by atoms with E-state index >= 15 is 0 Å². The SMILES string of the molecule is CS(=O)(=O)NC1CCN(Cc2ccccc2)C1COC1CCC(c2ccccc2)CC1. The van der Waals surface area contributed by atoms with E-state index in [1.807, 2.05) is 18.2 Å². The summed E-state index contributed by atoms with van der Waals surface area (Å²) in [7, 11) is -3.25. The highest BCUT2D eigenvalue weighted by molar-refractivity contribution is 7.88. The Labute approximate surface area is 186 Å². The average Bonchev–Trinajstić information content (AvgIpc) is 3.13. The summed E-state index contributed by atoms with van der Waals surface area (Å²) in [6.45, 7) is 2.26. The second-order valence-corrected chi connectivity index (χ2v) is 10.8. The summed E-state index contributed by atoms with van der Waals surface area (Å²) < 4.78 is 33.0. The van der Waals surface area contributed by atoms with Crippen molar-refractivity contribution >= 4 is 10.0 Å². The molecule has 2 atom stereocenters. The van der Waals surface area contributed by atoms with Crippen LogP contribution < -0.4 is 4.72 Å². The molecule has 1 aliphatic heterocycles. The van der Waals surface area contributed by atoms with Crippen LogP contribution in [-0.4, -0.2) is 50.9 Å². The van der Waals surface area contributed by atoms with Crippen molar-refractivity contribution < 1.29 is 13.2 Å². The maximum atomic E-state index is 11.9. The summed E-state index contributed by atoms with van der Waals surface area (Å²) in [6, 6.07) is 21.1. The first-order valence-corrected chi connectivity index (χ1v) is 13.3. The molecule has 5 nitrogen and oxygen atoms in total. The first kappa shape index (κ1) is 22.5. The molecule has 1 saturated carbocycles. The number of hydrogen-bond donors (Lipinski definition) is 1. The van der Waals surface area contributed by atoms with E-state index in [0.717, 1.165) is 45.2 Å². The van der Waals surface area contributed by atoms with Gasteiger partial charge in [0.05, 0.1) is 19.0 Å². The number of benzene rings is 2. The van der Waals surface area contributed by atoms with Crippen molar-refractivity contribution in [2.24, 2.45) is 0 Å². The molecule has 1 saturated heterocycles. The Balaban J connectivity index is 1.35. The van der Waals surface area contributed by atoms with Gasteiger partial charge in [-0.2, -0.15) is 0 Å². The lowest BCUT2D eigenvalue weighted by Crippen LogP contribution is -2.47. The Morgan fingerprint density at radius 1 is 0.935 bits per heavy atom. The highest BCUT2D eigenvalue weighted by Gasteiger charge is 2.36. The van der Waals surface area contributed by atoms with E-state index < -0.39 is 10.0 Å². The second kappa shape index (κ2) is 10.3. The van der Waals surface area contributed by atoms with Crippen LogP contribution in [0.2, 0.25) is 0 Å². The minimum atomic E-state index is -3.25. The van der Waals surface area contributed by atoms with Crippen LogP contribution in [-0.2, 0) is 21.3 Å². The highest BCUT2D eigenvalue weighted by atomic mass is 32.2. The van der Waals surface area contributed by atoms with Crippen molar-refractivity contribution in [2.75, 3.05) is 19.4 Å². The van der Waals surface area contributed by atoms with Gasteiger partial charge in [0.15, 0.2) is 0 Å². The summed E-state index contributed by atoms with van der Waals surface area (Å²) in [5, 5.41) is 0. The number of rotatable bonds is 8. The molecule has 31 heavy (non-hydrogen) atoms. The van der Waals surface area contributed by atoms with Crippen LogP contribution in [0.5, 0.6) is 0 Å². The molecule has 2 aromatic carbocycles. The monoisotopic (exact) mass is 442 g/mol. The lowest BCUT2D eigenvalue weighted by molar-refractivity contribution is -0.00739. The van der Waals surface area contributed by atoms with Gasteiger partial charge in [-0.05, 0) is 49.1 Å². The summed E-state index contributed by atoms with van der Waals surface area (Å²) in [5.41, 5.74) is 2.68. The number of nitrogens with one attached hydrogen (secondary N) is 1. The fourth-order valence-electron chi connectivity index (χ4n) is 5.09. The van der Waals surface area contributed by atoms with Crippen LogP contribution in [0.4, 0.5) is 0 Å². The third-order valence-corrected chi connectivity index (χ3v) is 7.43. The van der Waals surface area contributed by atoms with Gasteiger partial charge in [0.1, 0.15) is 0 Å². The molecular formula is C25H34N2O3S. The van der Waals surface area contributed by atoms with Gasteiger partial charge in [0.25, 0.3) is 0 Å². The molecule has 1 aliphatic carbocycles. The lowest BCUT2D eigenvalue weighted by atomic mass is 9.83. The van der Waals surface area contributed by atoms with Crippen LogP contribution in [0.15, 0.2) is 60.7 Å². The van der Waals surface area contributed by atoms with Gasteiger partial charge < -0.3 is 4.74 Å². The molecule has 0 radical (unpaired) electrons. The van der Waals surface area contributed by atoms with E-state index in [-0.39, 0.29) is 18.2 Å². The Kier molecular flexibility index (Phi) is 7.43. The smallest absolute Gasteiger partial charge is 0.209 e. The van der Waals surface area contributed by atoms with Crippen LogP contribution in [0.25, 0.3) is 0 Å². The zero-order chi connectivity index (χ0) is 21.7. The fraction of sp³-hybridized carbons (Fsp3) is 0.520. The standard InChI is InChI=1S/C25H34N2O3S/c1-31(28,29)26-24-16-17-27(18-20-8-4-2-5-9-20)25(24)19-30-23-14-12-22(13-15-23)21-10-6-3-7-11-21/h2-11,22-26H,12-19H2,1H3. The van der Waals surface area contributed by atoms with Gasteiger partial charge >= 0.3 is 0 Å². The van der Waals surface area contributed by atoms with Gasteiger partial charge in [0.2, 0.25) is 10.0 Å². The molecule has 0 aromatic heterocycles. The van der Waals surface area contributed by atoms with Gasteiger partial charge in [-0.15, -0.1) is 0 Å². The van der Waals surface area contributed by atoms with Gasteiger partial charge in [-0.1, -0.05) is 60.7 Å². The quantitative estimate of drug-likeness (QED) is 0.673. The molecule has 0 bridgehead atoms. The van der Waals surface area contributed by atoms with Crippen LogP contribution in [0, 0.1) is 0 Å². The minimum Gasteiger partial charge on any atom is -0.377 e. The molecular weight excluding hydrogens is 408 g/mol. The maximum Gasteiger partial charge on any atom is 0.209 e. The summed E-state index contributed by atoms with van der Waals surface area (Å²) in [6.07, 6.45) is 6.75. The number of sulfonamides is 1. The first-order chi connectivity index (χ1) is 15.0. The van der Waals surface area contributed by atoms with E-state index in [4.69, 9.17) is 4.74 Å². The molecule has 1 N–H and O–H groups in total. The molecule has 2 aliphatic rings. The first-order valence-electron chi connectivity index (χ1n) is 11.4. The van der Waals surface area contributed by atoms with E-state index in [1.165, 1.54) is 17.4 Å². The summed E-state index contributed by atoms with van der Waals surface area (Å²) >= 11 is 0. The van der Waals surface area contributed by atoms with Gasteiger partial charge in [-0.3, -0.25) is 4.90 Å². The molecule has 0 spiro atoms. The average molecular weight is 443 g/mol. The predicted molar refractivity (Wildman–Crippen MR) is 124 cm³/mol. The third kappa shape index (κ3) is 6.39. The zero-order valence-corrected chi connectivity index (χ0v) is 19.1. The topological polar surface area (TPSA) is 58.6 Å². The summed E-state index contributed by atoms with van der Waals surface area (Å²) in [4.78, 5) is 2.37. The molecule has 2 aromatic rings. The van der Waals surface area contributed by atoms with Crippen molar-refractivity contribution in [3.63, 3.8) is 0 Å². The molecule has 6 heteroatoms. The van der Waals surface area contributed by atoms with Gasteiger partial charge in [-0.25, -0.2) is 13.1 Å². The van der Waals surface area contributed by atoms with Crippen LogP contribution in [0.3, 0.4) is 0 Å². The molecule has 0 amide bonds. The fourth-order valence-corrected chi connectivity index (χ4v) is 5.91. The molecule has 4 rings (SSSR count). The second-order valence-electron chi connectivity index (χ2n) is 9.03. The lowest BCUT2D eigenvalue weighted by Gasteiger charge is -2.33. The predicted octanol–water partition coefficient (Wildman–Crippen LogP) is 3.92. The van der Waals surface area contributed by atoms with E-state index in [1.54, 1.807) is 0 Å². The Morgan fingerprint density at radius 3 is 2.23 bits per heavy atom. The molecule has 1 heterocycles. The number of nitrogens with zero attached hydrogens (tertiary/aromatic N) is 1. The van der Waals surface area contributed by atoms with Crippen LogP contribution in [0.1, 0.15) is 49.1 Å². The van der Waals surface area contributed by atoms with Crippen molar-refractivity contribution in [1.82, 2.24) is 9.62 Å². The van der Waals surface area contributed by atoms with E-state index in [9.17, 15) is 8.42 Å². The van der Waals surface area contributed by atoms with Gasteiger partial charge in [0, 0.05) is 25.2 Å². The maximum absolute atomic E-state index is 11.9. The Hall–Kier alpha value is -1.73. The normalized spacial score (nSPS) is 27.4. The van der Waals surface area contributed by atoms with Crippen molar-refractivity contribution in [1.29, 1.82) is 0 Å². The number of hydrogen-bond acceptors (Lipinski definition) is 4. The Morgan fingerprint density at radius 2 is 1.58 bits per heavy atom.